The van der Waals surface area contributed by atoms with Crippen molar-refractivity contribution in [3.63, 3.8) is 0 Å². The number of cyclic esters (lactones) is 1. The zero-order chi connectivity index (χ0) is 24.7. The molecule has 2 heterocycles. The minimum atomic E-state index is -0.828. The number of hydrogen-bond acceptors (Lipinski definition) is 9. The number of nitrogens with one attached hydrogen (secondary N) is 2. The molecule has 188 valence electrons. The van der Waals surface area contributed by atoms with Crippen LogP contribution in [-0.2, 0) is 20.7 Å². The van der Waals surface area contributed by atoms with E-state index in [1.165, 1.54) is 12.0 Å². The number of amidine groups is 1. The van der Waals surface area contributed by atoms with Crippen molar-refractivity contribution in [3.05, 3.63) is 29.8 Å². The van der Waals surface area contributed by atoms with Crippen LogP contribution < -0.4 is 21.5 Å². The number of piperazine rings is 1. The first-order chi connectivity index (χ1) is 16.3. The Morgan fingerprint density at radius 3 is 2.59 bits per heavy atom. The number of methoxy groups -OCH3 is 1. The monoisotopic (exact) mass is 476 g/mol. The van der Waals surface area contributed by atoms with E-state index in [0.717, 1.165) is 44.7 Å². The minimum absolute atomic E-state index is 0.0592. The fourth-order valence-corrected chi connectivity index (χ4v) is 4.30. The molecule has 2 fully saturated rings. The molecular formula is C23H36N6O5. The summed E-state index contributed by atoms with van der Waals surface area (Å²) in [5.74, 6) is -0.0175. The Bertz CT molecular complexity index is 845. The van der Waals surface area contributed by atoms with Gasteiger partial charge in [-0.05, 0) is 50.4 Å². The van der Waals surface area contributed by atoms with Gasteiger partial charge in [-0.25, -0.2) is 4.79 Å². The van der Waals surface area contributed by atoms with Gasteiger partial charge in [0.2, 0.25) is 0 Å². The summed E-state index contributed by atoms with van der Waals surface area (Å²) in [6.07, 6.45) is 0.373. The molecule has 4 atom stereocenters. The van der Waals surface area contributed by atoms with Gasteiger partial charge in [-0.3, -0.25) is 15.1 Å². The number of ether oxygens (including phenoxy) is 3. The molecule has 1 amide bonds. The summed E-state index contributed by atoms with van der Waals surface area (Å²) in [6.45, 7) is 6.67. The molecule has 0 radical (unpaired) electrons. The third-order valence-electron chi connectivity index (χ3n) is 6.25. The van der Waals surface area contributed by atoms with E-state index in [9.17, 15) is 9.59 Å². The maximum atomic E-state index is 12.7. The van der Waals surface area contributed by atoms with Gasteiger partial charge in [-0.1, -0.05) is 12.1 Å². The third-order valence-corrected chi connectivity index (χ3v) is 6.25. The lowest BCUT2D eigenvalue weighted by Gasteiger charge is -2.31. The van der Waals surface area contributed by atoms with Gasteiger partial charge in [-0.2, -0.15) is 0 Å². The van der Waals surface area contributed by atoms with Crippen LogP contribution in [0.5, 0.6) is 5.75 Å². The van der Waals surface area contributed by atoms with E-state index in [0.29, 0.717) is 18.6 Å². The van der Waals surface area contributed by atoms with Crippen molar-refractivity contribution in [1.82, 2.24) is 15.1 Å². The summed E-state index contributed by atoms with van der Waals surface area (Å²) in [6, 6.07) is 5.36. The summed E-state index contributed by atoms with van der Waals surface area (Å²) in [7, 11) is 1.30. The average Bonchev–Trinajstić information content (AvgIpc) is 3.10. The smallest absolute Gasteiger partial charge is 0.414 e. The molecule has 3 rings (SSSR count). The van der Waals surface area contributed by atoms with Gasteiger partial charge in [0.05, 0.1) is 13.2 Å². The average molecular weight is 477 g/mol. The quantitative estimate of drug-likeness (QED) is 0.200. The van der Waals surface area contributed by atoms with E-state index >= 15 is 0 Å². The van der Waals surface area contributed by atoms with Crippen molar-refractivity contribution in [1.29, 1.82) is 5.41 Å². The van der Waals surface area contributed by atoms with Crippen molar-refractivity contribution in [2.75, 3.05) is 39.8 Å². The molecule has 0 saturated carbocycles. The van der Waals surface area contributed by atoms with Crippen molar-refractivity contribution < 1.29 is 23.8 Å². The van der Waals surface area contributed by atoms with Gasteiger partial charge >= 0.3 is 12.1 Å². The topological polar surface area (TPSA) is 156 Å². The highest BCUT2D eigenvalue weighted by molar-refractivity contribution is 5.87. The first-order valence-electron chi connectivity index (χ1n) is 11.6. The molecule has 2 aliphatic heterocycles. The van der Waals surface area contributed by atoms with Crippen molar-refractivity contribution in [2.24, 2.45) is 11.5 Å². The molecule has 11 nitrogen and oxygen atoms in total. The van der Waals surface area contributed by atoms with Crippen LogP contribution in [-0.4, -0.2) is 91.9 Å². The molecule has 0 spiro atoms. The molecule has 11 heteroatoms. The summed E-state index contributed by atoms with van der Waals surface area (Å²) in [4.78, 5) is 28.0. The molecule has 0 aliphatic carbocycles. The van der Waals surface area contributed by atoms with Crippen LogP contribution in [0.1, 0.15) is 25.3 Å². The highest BCUT2D eigenvalue weighted by atomic mass is 16.7. The number of nitrogens with zero attached hydrogens (tertiary/aromatic N) is 2. The van der Waals surface area contributed by atoms with Crippen LogP contribution in [0.25, 0.3) is 0 Å². The largest absolute Gasteiger partial charge is 0.468 e. The lowest BCUT2D eigenvalue weighted by Crippen LogP contribution is -2.50. The number of amides is 1. The molecule has 4 unspecified atom stereocenters. The Kier molecular flexibility index (Phi) is 9.08. The minimum Gasteiger partial charge on any atom is -0.468 e. The normalized spacial score (nSPS) is 22.7. The molecule has 34 heavy (non-hydrogen) atoms. The first kappa shape index (κ1) is 25.7. The first-order valence-corrected chi connectivity index (χ1v) is 11.6. The Morgan fingerprint density at radius 1 is 1.29 bits per heavy atom. The van der Waals surface area contributed by atoms with Crippen molar-refractivity contribution >= 4 is 17.9 Å². The molecule has 2 saturated heterocycles. The van der Waals surface area contributed by atoms with Crippen molar-refractivity contribution in [2.45, 2.75) is 50.6 Å². The Hall–Kier alpha value is -2.89. The lowest BCUT2D eigenvalue weighted by atomic mass is 10.1. The third kappa shape index (κ3) is 6.58. The number of esters is 1. The van der Waals surface area contributed by atoms with Crippen LogP contribution in [0, 0.1) is 5.41 Å². The SMILES string of the molecule is COC(=O)C(N)Cc1ccc(OC2OC(=O)N(C(CCCN3CCNCC3)C(=N)N)C2C)cc1. The number of carbonyl (C=O) groups is 2. The Labute approximate surface area is 200 Å². The molecule has 0 aromatic heterocycles. The summed E-state index contributed by atoms with van der Waals surface area (Å²) in [5.41, 5.74) is 12.5. The second-order valence-electron chi connectivity index (χ2n) is 8.70. The lowest BCUT2D eigenvalue weighted by molar-refractivity contribution is -0.142. The molecule has 1 aromatic rings. The van der Waals surface area contributed by atoms with Crippen LogP contribution in [0.15, 0.2) is 24.3 Å². The summed E-state index contributed by atoms with van der Waals surface area (Å²) < 4.78 is 16.0. The number of rotatable bonds is 11. The fraction of sp³-hybridized carbons (Fsp3) is 0.609. The van der Waals surface area contributed by atoms with Gasteiger partial charge in [0, 0.05) is 26.2 Å². The van der Waals surface area contributed by atoms with E-state index in [-0.39, 0.29) is 5.84 Å². The van der Waals surface area contributed by atoms with Gasteiger partial charge in [-0.15, -0.1) is 0 Å². The number of nitrogens with two attached hydrogens (primary N) is 2. The fourth-order valence-electron chi connectivity index (χ4n) is 4.30. The van der Waals surface area contributed by atoms with Crippen LogP contribution in [0.4, 0.5) is 4.79 Å². The van der Waals surface area contributed by atoms with E-state index < -0.39 is 36.5 Å². The van der Waals surface area contributed by atoms with Gasteiger partial charge in [0.15, 0.2) is 0 Å². The second kappa shape index (κ2) is 12.0. The van der Waals surface area contributed by atoms with Gasteiger partial charge in [0.1, 0.15) is 23.7 Å². The molecule has 2 aliphatic rings. The van der Waals surface area contributed by atoms with Crippen LogP contribution in [0.3, 0.4) is 0 Å². The molecule has 0 bridgehead atoms. The van der Waals surface area contributed by atoms with E-state index in [1.807, 2.05) is 6.92 Å². The Morgan fingerprint density at radius 2 is 1.97 bits per heavy atom. The standard InChI is InChI=1S/C23H36N6O5/c1-15-22(33-17-7-5-16(6-8-17)14-18(24)21(30)32-2)34-23(31)29(15)19(20(25)26)4-3-11-28-12-9-27-10-13-28/h5-8,15,18-19,22,27H,3-4,9-14,24H2,1-2H3,(H3,25,26). The molecular weight excluding hydrogens is 440 g/mol. The van der Waals surface area contributed by atoms with Gasteiger partial charge < -0.3 is 35.9 Å². The van der Waals surface area contributed by atoms with E-state index in [2.05, 4.69) is 15.0 Å². The molecule has 6 N–H and O–H groups in total. The zero-order valence-electron chi connectivity index (χ0n) is 19.9. The highest BCUT2D eigenvalue weighted by Crippen LogP contribution is 2.27. The van der Waals surface area contributed by atoms with Crippen LogP contribution >= 0.6 is 0 Å². The number of carbonyl (C=O) groups excluding carboxylic acids is 2. The van der Waals surface area contributed by atoms with Crippen molar-refractivity contribution in [3.8, 4) is 5.75 Å². The number of hydrogen-bond donors (Lipinski definition) is 4. The maximum Gasteiger partial charge on any atom is 0.414 e. The summed E-state index contributed by atoms with van der Waals surface area (Å²) >= 11 is 0. The zero-order valence-corrected chi connectivity index (χ0v) is 19.9. The predicted molar refractivity (Wildman–Crippen MR) is 127 cm³/mol. The van der Waals surface area contributed by atoms with E-state index in [1.54, 1.807) is 24.3 Å². The Balaban J connectivity index is 1.56. The second-order valence-corrected chi connectivity index (χ2v) is 8.70. The predicted octanol–water partition coefficient (Wildman–Crippen LogP) is 0.265. The van der Waals surface area contributed by atoms with E-state index in [4.69, 9.17) is 26.4 Å². The summed E-state index contributed by atoms with van der Waals surface area (Å²) in [5, 5.41) is 11.4. The maximum absolute atomic E-state index is 12.7. The number of benzene rings is 1. The highest BCUT2D eigenvalue weighted by Gasteiger charge is 2.45. The molecule has 1 aromatic carbocycles. The van der Waals surface area contributed by atoms with Crippen LogP contribution in [0.2, 0.25) is 0 Å². The van der Waals surface area contributed by atoms with Gasteiger partial charge in [0.25, 0.3) is 6.29 Å².